The Balaban J connectivity index is 1.71. The van der Waals surface area contributed by atoms with Gasteiger partial charge < -0.3 is 15.6 Å². The first-order chi connectivity index (χ1) is 8.65. The minimum absolute atomic E-state index is 0.218. The molecule has 2 aromatic rings. The number of carbonyl (C=O) groups excluding carboxylic acids is 1. The van der Waals surface area contributed by atoms with Crippen molar-refractivity contribution < 1.29 is 9.32 Å². The van der Waals surface area contributed by atoms with E-state index < -0.39 is 0 Å². The number of nitrogen functional groups attached to an aromatic ring is 1. The minimum atomic E-state index is -0.218. The van der Waals surface area contributed by atoms with E-state index in [0.717, 1.165) is 18.5 Å². The molecule has 0 aromatic carbocycles. The van der Waals surface area contributed by atoms with Gasteiger partial charge >= 0.3 is 0 Å². The van der Waals surface area contributed by atoms with E-state index in [1.54, 1.807) is 13.0 Å². The lowest BCUT2D eigenvalue weighted by atomic mass is 10.2. The van der Waals surface area contributed by atoms with Crippen molar-refractivity contribution in [3.63, 3.8) is 0 Å². The van der Waals surface area contributed by atoms with Crippen molar-refractivity contribution in [2.24, 2.45) is 0 Å². The molecule has 2 aromatic heterocycles. The van der Waals surface area contributed by atoms with Gasteiger partial charge in [0.2, 0.25) is 0 Å². The average Bonchev–Trinajstić information content (AvgIpc) is 2.93. The molecule has 6 nitrogen and oxygen atoms in total. The van der Waals surface area contributed by atoms with Gasteiger partial charge in [0.1, 0.15) is 5.76 Å². The molecule has 2 heterocycles. The molecule has 0 spiro atoms. The van der Waals surface area contributed by atoms with E-state index >= 15 is 0 Å². The van der Waals surface area contributed by atoms with Gasteiger partial charge in [-0.3, -0.25) is 4.79 Å². The van der Waals surface area contributed by atoms with Crippen LogP contribution < -0.4 is 11.1 Å². The number of aryl methyl sites for hydroxylation is 2. The van der Waals surface area contributed by atoms with Crippen LogP contribution in [-0.4, -0.2) is 22.6 Å². The SMILES string of the molecule is Cc1cc(C(=O)NCCCc2csc(N)n2)no1. The van der Waals surface area contributed by atoms with E-state index in [2.05, 4.69) is 15.5 Å². The molecule has 0 aliphatic heterocycles. The van der Waals surface area contributed by atoms with Gasteiger partial charge in [0.05, 0.1) is 5.69 Å². The first-order valence-electron chi connectivity index (χ1n) is 5.56. The number of nitrogens with one attached hydrogen (secondary N) is 1. The Morgan fingerprint density at radius 2 is 2.44 bits per heavy atom. The van der Waals surface area contributed by atoms with E-state index in [4.69, 9.17) is 10.3 Å². The fourth-order valence-corrected chi connectivity index (χ4v) is 2.07. The maximum Gasteiger partial charge on any atom is 0.273 e. The zero-order valence-electron chi connectivity index (χ0n) is 9.97. The van der Waals surface area contributed by atoms with Crippen LogP contribution in [0, 0.1) is 6.92 Å². The van der Waals surface area contributed by atoms with Gasteiger partial charge in [0.15, 0.2) is 10.8 Å². The Labute approximate surface area is 108 Å². The lowest BCUT2D eigenvalue weighted by molar-refractivity contribution is 0.0944. The standard InChI is InChI=1S/C11H14N4O2S/c1-7-5-9(15-17-7)10(16)13-4-2-3-8-6-18-11(12)14-8/h5-6H,2-4H2,1H3,(H2,12,14)(H,13,16). The van der Waals surface area contributed by atoms with E-state index in [0.29, 0.717) is 23.1 Å². The third kappa shape index (κ3) is 3.30. The van der Waals surface area contributed by atoms with Crippen LogP contribution in [0.5, 0.6) is 0 Å². The monoisotopic (exact) mass is 266 g/mol. The highest BCUT2D eigenvalue weighted by Gasteiger charge is 2.09. The fraction of sp³-hybridized carbons (Fsp3) is 0.364. The summed E-state index contributed by atoms with van der Waals surface area (Å²) in [5.41, 5.74) is 6.80. The van der Waals surface area contributed by atoms with Gasteiger partial charge in [0, 0.05) is 18.0 Å². The Morgan fingerprint density at radius 3 is 3.06 bits per heavy atom. The van der Waals surface area contributed by atoms with Gasteiger partial charge in [-0.15, -0.1) is 11.3 Å². The number of amides is 1. The third-order valence-corrected chi connectivity index (χ3v) is 3.05. The predicted octanol–water partition coefficient (Wildman–Crippen LogP) is 1.38. The molecule has 0 bridgehead atoms. The molecule has 0 radical (unpaired) electrons. The summed E-state index contributed by atoms with van der Waals surface area (Å²) < 4.78 is 4.83. The highest BCUT2D eigenvalue weighted by atomic mass is 32.1. The second kappa shape index (κ2) is 5.63. The van der Waals surface area contributed by atoms with Gasteiger partial charge in [-0.05, 0) is 19.8 Å². The second-order valence-electron chi connectivity index (χ2n) is 3.86. The van der Waals surface area contributed by atoms with E-state index in [9.17, 15) is 4.79 Å². The first kappa shape index (κ1) is 12.6. The number of thiazole rings is 1. The molecule has 3 N–H and O–H groups in total. The molecule has 0 aliphatic rings. The normalized spacial score (nSPS) is 10.5. The summed E-state index contributed by atoms with van der Waals surface area (Å²) in [4.78, 5) is 15.8. The van der Waals surface area contributed by atoms with Crippen LogP contribution in [0.2, 0.25) is 0 Å². The Morgan fingerprint density at radius 1 is 1.61 bits per heavy atom. The largest absolute Gasteiger partial charge is 0.375 e. The summed E-state index contributed by atoms with van der Waals surface area (Å²) in [5.74, 6) is 0.405. The van der Waals surface area contributed by atoms with Crippen LogP contribution in [0.25, 0.3) is 0 Å². The summed E-state index contributed by atoms with van der Waals surface area (Å²) in [6.45, 7) is 2.32. The molecule has 0 fully saturated rings. The summed E-state index contributed by atoms with van der Waals surface area (Å²) in [5, 5.41) is 8.92. The van der Waals surface area contributed by atoms with Gasteiger partial charge in [0.25, 0.3) is 5.91 Å². The number of hydrogen-bond acceptors (Lipinski definition) is 6. The molecule has 1 amide bonds. The quantitative estimate of drug-likeness (QED) is 0.797. The van der Waals surface area contributed by atoms with Crippen molar-refractivity contribution >= 4 is 22.4 Å². The molecule has 0 saturated heterocycles. The Kier molecular flexibility index (Phi) is 3.93. The molecule has 0 unspecified atom stereocenters. The second-order valence-corrected chi connectivity index (χ2v) is 4.75. The molecule has 18 heavy (non-hydrogen) atoms. The Hall–Kier alpha value is -1.89. The van der Waals surface area contributed by atoms with Gasteiger partial charge in [-0.1, -0.05) is 5.16 Å². The fourth-order valence-electron chi connectivity index (χ4n) is 1.47. The lowest BCUT2D eigenvalue weighted by Crippen LogP contribution is -2.25. The number of carbonyl (C=O) groups is 1. The molecule has 0 saturated carbocycles. The number of anilines is 1. The van der Waals surface area contributed by atoms with Crippen molar-refractivity contribution in [3.05, 3.63) is 28.6 Å². The highest BCUT2D eigenvalue weighted by Crippen LogP contribution is 2.12. The number of rotatable bonds is 5. The zero-order chi connectivity index (χ0) is 13.0. The summed E-state index contributed by atoms with van der Waals surface area (Å²) >= 11 is 1.43. The van der Waals surface area contributed by atoms with Crippen LogP contribution in [-0.2, 0) is 6.42 Å². The summed E-state index contributed by atoms with van der Waals surface area (Å²) in [6, 6.07) is 1.61. The predicted molar refractivity (Wildman–Crippen MR) is 68.4 cm³/mol. The van der Waals surface area contributed by atoms with Crippen LogP contribution in [0.4, 0.5) is 5.13 Å². The average molecular weight is 266 g/mol. The van der Waals surface area contributed by atoms with E-state index in [-0.39, 0.29) is 5.91 Å². The van der Waals surface area contributed by atoms with Crippen molar-refractivity contribution in [3.8, 4) is 0 Å². The smallest absolute Gasteiger partial charge is 0.273 e. The third-order valence-electron chi connectivity index (χ3n) is 2.33. The van der Waals surface area contributed by atoms with Crippen molar-refractivity contribution in [1.82, 2.24) is 15.5 Å². The first-order valence-corrected chi connectivity index (χ1v) is 6.44. The minimum Gasteiger partial charge on any atom is -0.375 e. The van der Waals surface area contributed by atoms with Crippen LogP contribution in [0.15, 0.2) is 16.0 Å². The number of nitrogens with two attached hydrogens (primary N) is 1. The summed E-state index contributed by atoms with van der Waals surface area (Å²) in [7, 11) is 0. The van der Waals surface area contributed by atoms with Crippen molar-refractivity contribution in [2.75, 3.05) is 12.3 Å². The molecule has 0 atom stereocenters. The van der Waals surface area contributed by atoms with E-state index in [1.807, 2.05) is 5.38 Å². The number of aromatic nitrogens is 2. The molecular weight excluding hydrogens is 252 g/mol. The molecule has 2 rings (SSSR count). The Bertz CT molecular complexity index is 535. The molecule has 96 valence electrons. The summed E-state index contributed by atoms with van der Waals surface area (Å²) in [6.07, 6.45) is 1.61. The van der Waals surface area contributed by atoms with Crippen LogP contribution >= 0.6 is 11.3 Å². The van der Waals surface area contributed by atoms with Crippen molar-refractivity contribution in [1.29, 1.82) is 0 Å². The molecular formula is C11H14N4O2S. The topological polar surface area (TPSA) is 94.0 Å². The lowest BCUT2D eigenvalue weighted by Gasteiger charge is -2.01. The highest BCUT2D eigenvalue weighted by molar-refractivity contribution is 7.13. The van der Waals surface area contributed by atoms with Crippen LogP contribution in [0.1, 0.15) is 28.4 Å². The number of hydrogen-bond donors (Lipinski definition) is 2. The van der Waals surface area contributed by atoms with E-state index in [1.165, 1.54) is 11.3 Å². The van der Waals surface area contributed by atoms with Gasteiger partial charge in [-0.2, -0.15) is 0 Å². The maximum absolute atomic E-state index is 11.6. The van der Waals surface area contributed by atoms with Gasteiger partial charge in [-0.25, -0.2) is 4.98 Å². The zero-order valence-corrected chi connectivity index (χ0v) is 10.8. The molecule has 0 aliphatic carbocycles. The van der Waals surface area contributed by atoms with Crippen LogP contribution in [0.3, 0.4) is 0 Å². The molecule has 7 heteroatoms. The number of nitrogens with zero attached hydrogens (tertiary/aromatic N) is 2. The van der Waals surface area contributed by atoms with Crippen molar-refractivity contribution in [2.45, 2.75) is 19.8 Å². The maximum atomic E-state index is 11.6.